The van der Waals surface area contributed by atoms with Gasteiger partial charge in [0, 0.05) is 37.4 Å². The van der Waals surface area contributed by atoms with Gasteiger partial charge in [-0.1, -0.05) is 22.0 Å². The molecule has 2 rings (SSSR count). The molecule has 0 spiro atoms. The van der Waals surface area contributed by atoms with Crippen molar-refractivity contribution in [2.75, 3.05) is 45.7 Å². The summed E-state index contributed by atoms with van der Waals surface area (Å²) >= 11 is 3.42. The zero-order chi connectivity index (χ0) is 18.2. The van der Waals surface area contributed by atoms with Gasteiger partial charge in [0.2, 0.25) is 5.91 Å². The van der Waals surface area contributed by atoms with Gasteiger partial charge in [0.05, 0.1) is 13.2 Å². The minimum atomic E-state index is -0.110. The molecule has 2 N–H and O–H groups in total. The Morgan fingerprint density at radius 3 is 2.88 bits per heavy atom. The first-order valence-electron chi connectivity index (χ1n) is 8.55. The van der Waals surface area contributed by atoms with Gasteiger partial charge in [0.25, 0.3) is 0 Å². The van der Waals surface area contributed by atoms with Crippen molar-refractivity contribution in [3.8, 4) is 0 Å². The number of carbonyl (C=O) groups is 1. The maximum Gasteiger partial charge on any atom is 0.243 e. The van der Waals surface area contributed by atoms with Crippen LogP contribution in [-0.2, 0) is 9.53 Å². The lowest BCUT2D eigenvalue weighted by Crippen LogP contribution is -2.43. The summed E-state index contributed by atoms with van der Waals surface area (Å²) in [6.45, 7) is 4.37. The van der Waals surface area contributed by atoms with E-state index in [1.54, 1.807) is 7.05 Å². The molecule has 0 radical (unpaired) electrons. The lowest BCUT2D eigenvalue weighted by molar-refractivity contribution is -0.115. The van der Waals surface area contributed by atoms with Crippen molar-refractivity contribution < 1.29 is 9.53 Å². The molecule has 0 aromatic heterocycles. The summed E-state index contributed by atoms with van der Waals surface area (Å²) in [5.41, 5.74) is 1.82. The van der Waals surface area contributed by atoms with E-state index in [1.807, 2.05) is 37.1 Å². The SMILES string of the molecule is CN=C(NCC(=O)Nc1cc(Br)ccc1C)N(C)CCOCC1CC1. The molecule has 138 valence electrons. The normalized spacial score (nSPS) is 14.3. The number of guanidine groups is 1. The molecule has 1 aliphatic carbocycles. The molecule has 7 heteroatoms. The first kappa shape index (κ1) is 19.7. The lowest BCUT2D eigenvalue weighted by atomic mass is 10.2. The van der Waals surface area contributed by atoms with Crippen LogP contribution in [0.5, 0.6) is 0 Å². The van der Waals surface area contributed by atoms with E-state index in [4.69, 9.17) is 4.74 Å². The average molecular weight is 411 g/mol. The van der Waals surface area contributed by atoms with Crippen LogP contribution in [-0.4, -0.2) is 57.2 Å². The van der Waals surface area contributed by atoms with Crippen molar-refractivity contribution in [3.05, 3.63) is 28.2 Å². The van der Waals surface area contributed by atoms with Crippen LogP contribution in [0.4, 0.5) is 5.69 Å². The molecule has 0 heterocycles. The van der Waals surface area contributed by atoms with Crippen molar-refractivity contribution >= 4 is 33.5 Å². The Kier molecular flexibility index (Phi) is 7.71. The minimum Gasteiger partial charge on any atom is -0.379 e. The van der Waals surface area contributed by atoms with Crippen molar-refractivity contribution in [1.82, 2.24) is 10.2 Å². The second-order valence-corrected chi connectivity index (χ2v) is 7.26. The molecular weight excluding hydrogens is 384 g/mol. The first-order chi connectivity index (χ1) is 12.0. The molecule has 1 aromatic rings. The lowest BCUT2D eigenvalue weighted by Gasteiger charge is -2.22. The van der Waals surface area contributed by atoms with Gasteiger partial charge in [-0.25, -0.2) is 0 Å². The van der Waals surface area contributed by atoms with Gasteiger partial charge in [0.15, 0.2) is 5.96 Å². The van der Waals surface area contributed by atoms with Crippen molar-refractivity contribution in [2.24, 2.45) is 10.9 Å². The molecule has 25 heavy (non-hydrogen) atoms. The number of aliphatic imine (C=N–C) groups is 1. The van der Waals surface area contributed by atoms with Crippen LogP contribution in [0.3, 0.4) is 0 Å². The summed E-state index contributed by atoms with van der Waals surface area (Å²) in [6.07, 6.45) is 2.59. The number of benzene rings is 1. The van der Waals surface area contributed by atoms with Gasteiger partial charge in [-0.15, -0.1) is 0 Å². The van der Waals surface area contributed by atoms with E-state index in [1.165, 1.54) is 12.8 Å². The first-order valence-corrected chi connectivity index (χ1v) is 9.34. The van der Waals surface area contributed by atoms with E-state index in [0.29, 0.717) is 12.6 Å². The molecular formula is C18H27BrN4O2. The molecule has 0 unspecified atom stereocenters. The molecule has 1 amide bonds. The van der Waals surface area contributed by atoms with E-state index < -0.39 is 0 Å². The van der Waals surface area contributed by atoms with E-state index >= 15 is 0 Å². The molecule has 1 aromatic carbocycles. The summed E-state index contributed by atoms with van der Waals surface area (Å²) in [5, 5.41) is 5.99. The summed E-state index contributed by atoms with van der Waals surface area (Å²) in [5.74, 6) is 1.34. The predicted molar refractivity (Wildman–Crippen MR) is 105 cm³/mol. The predicted octanol–water partition coefficient (Wildman–Crippen LogP) is 2.63. The topological polar surface area (TPSA) is 66.0 Å². The molecule has 1 fully saturated rings. The number of halogens is 1. The Morgan fingerprint density at radius 1 is 1.44 bits per heavy atom. The molecule has 0 aliphatic heterocycles. The maximum atomic E-state index is 12.2. The Hall–Kier alpha value is -1.60. The number of nitrogens with one attached hydrogen (secondary N) is 2. The zero-order valence-corrected chi connectivity index (χ0v) is 16.7. The van der Waals surface area contributed by atoms with Crippen molar-refractivity contribution in [3.63, 3.8) is 0 Å². The standard InChI is InChI=1S/C18H27BrN4O2/c1-13-4-7-15(19)10-16(13)22-17(24)11-21-18(20-2)23(3)8-9-25-12-14-5-6-14/h4,7,10,14H,5-6,8-9,11-12H2,1-3H3,(H,20,21)(H,22,24). The van der Waals surface area contributed by atoms with E-state index in [0.717, 1.165) is 34.8 Å². The summed E-state index contributed by atoms with van der Waals surface area (Å²) in [6, 6.07) is 5.80. The largest absolute Gasteiger partial charge is 0.379 e. The highest BCUT2D eigenvalue weighted by Gasteiger charge is 2.21. The number of likely N-dealkylation sites (N-methyl/N-ethyl adjacent to an activating group) is 1. The smallest absolute Gasteiger partial charge is 0.243 e. The number of ether oxygens (including phenoxy) is 1. The molecule has 1 saturated carbocycles. The molecule has 1 aliphatic rings. The van der Waals surface area contributed by atoms with Gasteiger partial charge >= 0.3 is 0 Å². The molecule has 0 bridgehead atoms. The fourth-order valence-electron chi connectivity index (χ4n) is 2.31. The fraction of sp³-hybridized carbons (Fsp3) is 0.556. The van der Waals surface area contributed by atoms with Crippen molar-refractivity contribution in [2.45, 2.75) is 19.8 Å². The number of rotatable bonds is 8. The zero-order valence-electron chi connectivity index (χ0n) is 15.1. The highest BCUT2D eigenvalue weighted by Crippen LogP contribution is 2.28. The average Bonchev–Trinajstić information content (AvgIpc) is 3.40. The second-order valence-electron chi connectivity index (χ2n) is 6.35. The highest BCUT2D eigenvalue weighted by atomic mass is 79.9. The van der Waals surface area contributed by atoms with Crippen LogP contribution in [0.15, 0.2) is 27.7 Å². The van der Waals surface area contributed by atoms with Gasteiger partial charge in [-0.2, -0.15) is 0 Å². The van der Waals surface area contributed by atoms with Crippen LogP contribution < -0.4 is 10.6 Å². The summed E-state index contributed by atoms with van der Waals surface area (Å²) in [7, 11) is 3.65. The third kappa shape index (κ3) is 7.04. The van der Waals surface area contributed by atoms with Gasteiger partial charge in [-0.3, -0.25) is 9.79 Å². The molecule has 6 nitrogen and oxygen atoms in total. The highest BCUT2D eigenvalue weighted by molar-refractivity contribution is 9.10. The number of carbonyl (C=O) groups excluding carboxylic acids is 1. The minimum absolute atomic E-state index is 0.110. The van der Waals surface area contributed by atoms with Crippen LogP contribution in [0.2, 0.25) is 0 Å². The van der Waals surface area contributed by atoms with E-state index in [-0.39, 0.29) is 12.5 Å². The second kappa shape index (κ2) is 9.77. The van der Waals surface area contributed by atoms with Crippen LogP contribution in [0.25, 0.3) is 0 Å². The Morgan fingerprint density at radius 2 is 2.20 bits per heavy atom. The number of amides is 1. The quantitative estimate of drug-likeness (QED) is 0.392. The Balaban J connectivity index is 1.72. The van der Waals surface area contributed by atoms with Crippen LogP contribution >= 0.6 is 15.9 Å². The third-order valence-corrected chi connectivity index (χ3v) is 4.57. The number of aryl methyl sites for hydroxylation is 1. The van der Waals surface area contributed by atoms with Crippen LogP contribution in [0.1, 0.15) is 18.4 Å². The van der Waals surface area contributed by atoms with Gasteiger partial charge in [-0.05, 0) is 43.4 Å². The number of anilines is 1. The Bertz CT molecular complexity index is 617. The van der Waals surface area contributed by atoms with Gasteiger partial charge < -0.3 is 20.3 Å². The number of hydrogen-bond acceptors (Lipinski definition) is 3. The summed E-state index contributed by atoms with van der Waals surface area (Å²) in [4.78, 5) is 18.4. The van der Waals surface area contributed by atoms with E-state index in [2.05, 4.69) is 31.6 Å². The number of nitrogens with zero attached hydrogens (tertiary/aromatic N) is 2. The maximum absolute atomic E-state index is 12.2. The molecule has 0 atom stereocenters. The third-order valence-electron chi connectivity index (χ3n) is 4.08. The number of hydrogen-bond donors (Lipinski definition) is 2. The van der Waals surface area contributed by atoms with Crippen LogP contribution in [0, 0.1) is 12.8 Å². The van der Waals surface area contributed by atoms with Crippen molar-refractivity contribution in [1.29, 1.82) is 0 Å². The fourth-order valence-corrected chi connectivity index (χ4v) is 2.67. The summed E-state index contributed by atoms with van der Waals surface area (Å²) < 4.78 is 6.58. The Labute approximate surface area is 158 Å². The monoisotopic (exact) mass is 410 g/mol. The molecule has 0 saturated heterocycles. The van der Waals surface area contributed by atoms with Gasteiger partial charge in [0.1, 0.15) is 0 Å². The van der Waals surface area contributed by atoms with E-state index in [9.17, 15) is 4.79 Å².